The Kier molecular flexibility index (Phi) is 8.15. The van der Waals surface area contributed by atoms with Crippen molar-refractivity contribution in [2.45, 2.75) is 26.9 Å². The summed E-state index contributed by atoms with van der Waals surface area (Å²) in [5.74, 6) is 1.48. The van der Waals surface area contributed by atoms with Gasteiger partial charge in [-0.15, -0.1) is 24.0 Å². The van der Waals surface area contributed by atoms with Crippen LogP contribution in [-0.4, -0.2) is 18.2 Å². The fourth-order valence-electron chi connectivity index (χ4n) is 1.99. The number of benzene rings is 1. The van der Waals surface area contributed by atoms with Crippen molar-refractivity contribution in [3.63, 3.8) is 0 Å². The molecule has 1 aromatic carbocycles. The van der Waals surface area contributed by atoms with Gasteiger partial charge in [-0.3, -0.25) is 4.99 Å². The van der Waals surface area contributed by atoms with E-state index in [1.807, 2.05) is 26.0 Å². The van der Waals surface area contributed by atoms with Crippen molar-refractivity contribution in [1.82, 2.24) is 15.8 Å². The molecule has 8 heteroatoms. The Morgan fingerprint density at radius 2 is 1.91 bits per heavy atom. The van der Waals surface area contributed by atoms with Gasteiger partial charge in [0, 0.05) is 35.7 Å². The van der Waals surface area contributed by atoms with Crippen molar-refractivity contribution in [2.24, 2.45) is 4.99 Å². The number of aryl methyl sites for hydroxylation is 2. The lowest BCUT2D eigenvalue weighted by atomic mass is 10.2. The SMILES string of the molecule is CN=C(NCc1ccc(Cl)cc1Cl)NCc1c(C)noc1C.I. The molecule has 0 radical (unpaired) electrons. The largest absolute Gasteiger partial charge is 0.361 e. The Labute approximate surface area is 162 Å². The van der Waals surface area contributed by atoms with Gasteiger partial charge in [-0.25, -0.2) is 0 Å². The summed E-state index contributed by atoms with van der Waals surface area (Å²) in [6, 6.07) is 5.42. The van der Waals surface area contributed by atoms with Gasteiger partial charge < -0.3 is 15.2 Å². The molecule has 0 spiro atoms. The van der Waals surface area contributed by atoms with Crippen molar-refractivity contribution >= 4 is 53.1 Å². The maximum atomic E-state index is 6.15. The number of rotatable bonds is 4. The summed E-state index contributed by atoms with van der Waals surface area (Å²) in [6.07, 6.45) is 0. The lowest BCUT2D eigenvalue weighted by molar-refractivity contribution is 0.392. The molecule has 5 nitrogen and oxygen atoms in total. The van der Waals surface area contributed by atoms with E-state index in [9.17, 15) is 0 Å². The quantitative estimate of drug-likeness (QED) is 0.403. The molecule has 0 aliphatic heterocycles. The molecule has 23 heavy (non-hydrogen) atoms. The van der Waals surface area contributed by atoms with E-state index in [0.29, 0.717) is 29.1 Å². The first-order valence-electron chi connectivity index (χ1n) is 6.81. The second kappa shape index (κ2) is 9.34. The van der Waals surface area contributed by atoms with Crippen LogP contribution in [0, 0.1) is 13.8 Å². The highest BCUT2D eigenvalue weighted by molar-refractivity contribution is 14.0. The second-order valence-electron chi connectivity index (χ2n) is 4.82. The van der Waals surface area contributed by atoms with Crippen LogP contribution in [0.15, 0.2) is 27.7 Å². The molecule has 0 fully saturated rings. The minimum absolute atomic E-state index is 0. The zero-order valence-corrected chi connectivity index (χ0v) is 17.0. The monoisotopic (exact) mass is 468 g/mol. The highest BCUT2D eigenvalue weighted by atomic mass is 127. The Bertz CT molecular complexity index is 669. The van der Waals surface area contributed by atoms with E-state index in [1.165, 1.54) is 0 Å². The first-order valence-corrected chi connectivity index (χ1v) is 7.57. The molecule has 0 amide bonds. The smallest absolute Gasteiger partial charge is 0.191 e. The van der Waals surface area contributed by atoms with Crippen molar-refractivity contribution in [3.8, 4) is 0 Å². The van der Waals surface area contributed by atoms with Gasteiger partial charge in [-0.2, -0.15) is 0 Å². The molecule has 2 rings (SSSR count). The highest BCUT2D eigenvalue weighted by Gasteiger charge is 2.09. The van der Waals surface area contributed by atoms with Gasteiger partial charge in [0.1, 0.15) is 5.76 Å². The van der Waals surface area contributed by atoms with Gasteiger partial charge in [0.05, 0.1) is 5.69 Å². The van der Waals surface area contributed by atoms with Crippen LogP contribution in [0.25, 0.3) is 0 Å². The maximum Gasteiger partial charge on any atom is 0.191 e. The number of aliphatic imine (C=N–C) groups is 1. The average Bonchev–Trinajstić information content (AvgIpc) is 2.80. The molecule has 0 unspecified atom stereocenters. The Hall–Kier alpha value is -0.990. The fraction of sp³-hybridized carbons (Fsp3) is 0.333. The Balaban J connectivity index is 0.00000264. The summed E-state index contributed by atoms with van der Waals surface area (Å²) >= 11 is 12.0. The Morgan fingerprint density at radius 3 is 2.48 bits per heavy atom. The average molecular weight is 469 g/mol. The van der Waals surface area contributed by atoms with Crippen LogP contribution in [0.1, 0.15) is 22.6 Å². The van der Waals surface area contributed by atoms with Crippen LogP contribution < -0.4 is 10.6 Å². The molecule has 2 N–H and O–H groups in total. The number of nitrogens with one attached hydrogen (secondary N) is 2. The molecule has 0 saturated heterocycles. The van der Waals surface area contributed by atoms with Gasteiger partial charge in [-0.05, 0) is 31.5 Å². The summed E-state index contributed by atoms with van der Waals surface area (Å²) < 4.78 is 5.14. The van der Waals surface area contributed by atoms with E-state index >= 15 is 0 Å². The van der Waals surface area contributed by atoms with Crippen molar-refractivity contribution in [2.75, 3.05) is 7.05 Å². The van der Waals surface area contributed by atoms with Crippen LogP contribution in [0.2, 0.25) is 10.0 Å². The normalized spacial score (nSPS) is 11.1. The topological polar surface area (TPSA) is 62.5 Å². The van der Waals surface area contributed by atoms with Gasteiger partial charge in [-0.1, -0.05) is 34.4 Å². The molecule has 0 atom stereocenters. The predicted molar refractivity (Wildman–Crippen MR) is 105 cm³/mol. The fourth-order valence-corrected chi connectivity index (χ4v) is 2.47. The minimum atomic E-state index is 0. The third kappa shape index (κ3) is 5.54. The van der Waals surface area contributed by atoms with E-state index < -0.39 is 0 Å². The molecule has 0 aliphatic carbocycles. The van der Waals surface area contributed by atoms with Gasteiger partial charge in [0.15, 0.2) is 5.96 Å². The van der Waals surface area contributed by atoms with Crippen LogP contribution in [0.3, 0.4) is 0 Å². The summed E-state index contributed by atoms with van der Waals surface area (Å²) in [6.45, 7) is 4.95. The maximum absolute atomic E-state index is 6.15. The first kappa shape index (κ1) is 20.1. The third-order valence-electron chi connectivity index (χ3n) is 3.30. The number of guanidine groups is 1. The van der Waals surface area contributed by atoms with Crippen molar-refractivity contribution in [1.29, 1.82) is 0 Å². The van der Waals surface area contributed by atoms with Crippen LogP contribution in [0.5, 0.6) is 0 Å². The van der Waals surface area contributed by atoms with Gasteiger partial charge in [0.2, 0.25) is 0 Å². The van der Waals surface area contributed by atoms with Gasteiger partial charge >= 0.3 is 0 Å². The van der Waals surface area contributed by atoms with E-state index in [-0.39, 0.29) is 24.0 Å². The van der Waals surface area contributed by atoms with E-state index in [4.69, 9.17) is 27.7 Å². The molecule has 0 aliphatic rings. The number of hydrogen-bond acceptors (Lipinski definition) is 3. The van der Waals surface area contributed by atoms with Crippen LogP contribution >= 0.6 is 47.2 Å². The predicted octanol–water partition coefficient (Wildman–Crippen LogP) is 4.08. The summed E-state index contributed by atoms with van der Waals surface area (Å²) in [5, 5.41) is 11.6. The van der Waals surface area contributed by atoms with Crippen LogP contribution in [-0.2, 0) is 13.1 Å². The van der Waals surface area contributed by atoms with E-state index in [1.54, 1.807) is 13.1 Å². The highest BCUT2D eigenvalue weighted by Crippen LogP contribution is 2.20. The van der Waals surface area contributed by atoms with Crippen LogP contribution in [0.4, 0.5) is 0 Å². The number of halogens is 3. The lowest BCUT2D eigenvalue weighted by Gasteiger charge is -2.12. The molecule has 0 bridgehead atoms. The molecule has 126 valence electrons. The molecular formula is C15H19Cl2IN4O. The minimum Gasteiger partial charge on any atom is -0.361 e. The molecule has 1 aromatic heterocycles. The van der Waals surface area contributed by atoms with E-state index in [2.05, 4.69) is 20.8 Å². The molecule has 2 aromatic rings. The zero-order valence-electron chi connectivity index (χ0n) is 13.1. The number of hydrogen-bond donors (Lipinski definition) is 2. The Morgan fingerprint density at radius 1 is 1.22 bits per heavy atom. The van der Waals surface area contributed by atoms with Crippen molar-refractivity contribution in [3.05, 3.63) is 50.8 Å². The van der Waals surface area contributed by atoms with Gasteiger partial charge in [0.25, 0.3) is 0 Å². The number of nitrogens with zero attached hydrogens (tertiary/aromatic N) is 2. The number of aromatic nitrogens is 1. The molecular weight excluding hydrogens is 450 g/mol. The lowest BCUT2D eigenvalue weighted by Crippen LogP contribution is -2.36. The van der Waals surface area contributed by atoms with E-state index in [0.717, 1.165) is 22.6 Å². The molecule has 0 saturated carbocycles. The van der Waals surface area contributed by atoms with Crippen molar-refractivity contribution < 1.29 is 4.52 Å². The summed E-state index contributed by atoms with van der Waals surface area (Å²) in [7, 11) is 1.71. The zero-order chi connectivity index (χ0) is 16.1. The summed E-state index contributed by atoms with van der Waals surface area (Å²) in [4.78, 5) is 4.18. The summed E-state index contributed by atoms with van der Waals surface area (Å²) in [5.41, 5.74) is 2.86. The first-order chi connectivity index (χ1) is 10.5. The third-order valence-corrected chi connectivity index (χ3v) is 3.89. The second-order valence-corrected chi connectivity index (χ2v) is 5.66. The standard InChI is InChI=1S/C15H18Cl2N4O.HI/c1-9-13(10(2)22-21-9)8-20-15(18-3)19-7-11-4-5-12(16)6-14(11)17;/h4-6H,7-8H2,1-3H3,(H2,18,19,20);1H. The molecule has 1 heterocycles.